The Kier molecular flexibility index (Phi) is 5.14. The molecule has 0 spiro atoms. The van der Waals surface area contributed by atoms with E-state index in [1.165, 1.54) is 24.3 Å². The van der Waals surface area contributed by atoms with Gasteiger partial charge in [0.2, 0.25) is 0 Å². The second kappa shape index (κ2) is 6.92. The number of aliphatic imine (C=N–C) groups is 1. The van der Waals surface area contributed by atoms with Crippen molar-refractivity contribution in [1.29, 1.82) is 0 Å². The summed E-state index contributed by atoms with van der Waals surface area (Å²) in [5, 5.41) is 10.3. The lowest BCUT2D eigenvalue weighted by Gasteiger charge is -2.07. The molecule has 0 fully saturated rings. The molecule has 24 heavy (non-hydrogen) atoms. The number of aryl methyl sites for hydroxylation is 1. The number of halogens is 4. The summed E-state index contributed by atoms with van der Waals surface area (Å²) < 4.78 is 43.0. The van der Waals surface area contributed by atoms with Gasteiger partial charge in [-0.25, -0.2) is 0 Å². The molecule has 0 atom stereocenters. The number of rotatable bonds is 4. The van der Waals surface area contributed by atoms with Gasteiger partial charge in [-0.05, 0) is 36.8 Å². The highest BCUT2D eigenvalue weighted by Crippen LogP contribution is 2.26. The third kappa shape index (κ3) is 4.05. The molecule has 0 bridgehead atoms. The molecule has 0 aliphatic rings. The zero-order chi connectivity index (χ0) is 17.9. The van der Waals surface area contributed by atoms with E-state index in [1.807, 2.05) is 0 Å². The van der Waals surface area contributed by atoms with E-state index in [9.17, 15) is 23.1 Å². The van der Waals surface area contributed by atoms with Crippen LogP contribution in [-0.2, 0) is 4.79 Å². The number of allylic oxidation sites excluding steroid dienone is 1. The summed E-state index contributed by atoms with van der Waals surface area (Å²) in [6.45, 7) is 1.75. The SMILES string of the molecule is Cc1ccc(N=C/C(C(=O)C(F)(F)F)=C(/O)c2ccco2)cc1Cl. The first-order chi connectivity index (χ1) is 11.2. The molecule has 1 N–H and O–H groups in total. The van der Waals surface area contributed by atoms with Crippen molar-refractivity contribution in [3.63, 3.8) is 0 Å². The van der Waals surface area contributed by atoms with Gasteiger partial charge in [0.25, 0.3) is 5.78 Å². The summed E-state index contributed by atoms with van der Waals surface area (Å²) >= 11 is 5.91. The number of hydrogen-bond acceptors (Lipinski definition) is 4. The molecule has 0 amide bonds. The van der Waals surface area contributed by atoms with Crippen LogP contribution in [0.3, 0.4) is 0 Å². The molecule has 1 aromatic carbocycles. The molecular weight excluding hydrogens is 347 g/mol. The van der Waals surface area contributed by atoms with Crippen LogP contribution in [0.25, 0.3) is 5.76 Å². The number of aliphatic hydroxyl groups is 1. The Morgan fingerprint density at radius 3 is 2.58 bits per heavy atom. The van der Waals surface area contributed by atoms with Crippen molar-refractivity contribution in [2.75, 3.05) is 0 Å². The number of carbonyl (C=O) groups is 1. The second-order valence-corrected chi connectivity index (χ2v) is 5.17. The highest BCUT2D eigenvalue weighted by Gasteiger charge is 2.42. The lowest BCUT2D eigenvalue weighted by atomic mass is 10.1. The van der Waals surface area contributed by atoms with Gasteiger partial charge < -0.3 is 9.52 Å². The zero-order valence-electron chi connectivity index (χ0n) is 12.3. The van der Waals surface area contributed by atoms with Crippen molar-refractivity contribution in [3.8, 4) is 0 Å². The monoisotopic (exact) mass is 357 g/mol. The minimum Gasteiger partial charge on any atom is -0.504 e. The number of furan rings is 1. The third-order valence-electron chi connectivity index (χ3n) is 3.01. The number of alkyl halides is 3. The number of carbonyl (C=O) groups excluding carboxylic acids is 1. The van der Waals surface area contributed by atoms with Crippen LogP contribution < -0.4 is 0 Å². The van der Waals surface area contributed by atoms with Crippen LogP contribution in [-0.4, -0.2) is 23.3 Å². The molecule has 0 saturated heterocycles. The first-order valence-corrected chi connectivity index (χ1v) is 6.97. The molecule has 0 unspecified atom stereocenters. The van der Waals surface area contributed by atoms with Gasteiger partial charge >= 0.3 is 6.18 Å². The molecule has 0 saturated carbocycles. The fourth-order valence-electron chi connectivity index (χ4n) is 1.73. The van der Waals surface area contributed by atoms with Crippen molar-refractivity contribution in [3.05, 3.63) is 58.5 Å². The molecule has 0 aliphatic heterocycles. The average molecular weight is 358 g/mol. The summed E-state index contributed by atoms with van der Waals surface area (Å²) in [4.78, 5) is 15.3. The van der Waals surface area contributed by atoms with Gasteiger partial charge in [0.05, 0.1) is 17.5 Å². The number of ketones is 1. The van der Waals surface area contributed by atoms with Gasteiger partial charge in [-0.2, -0.15) is 13.2 Å². The van der Waals surface area contributed by atoms with Crippen LogP contribution in [0.15, 0.2) is 51.6 Å². The first-order valence-electron chi connectivity index (χ1n) is 6.59. The molecule has 2 rings (SSSR count). The van der Waals surface area contributed by atoms with E-state index in [-0.39, 0.29) is 11.4 Å². The number of aliphatic hydroxyl groups excluding tert-OH is 1. The Balaban J connectivity index is 2.47. The predicted octanol–water partition coefficient (Wildman–Crippen LogP) is 5.04. The van der Waals surface area contributed by atoms with E-state index in [0.29, 0.717) is 11.2 Å². The minimum atomic E-state index is -5.17. The van der Waals surface area contributed by atoms with Crippen molar-refractivity contribution in [2.24, 2.45) is 4.99 Å². The van der Waals surface area contributed by atoms with Crippen molar-refractivity contribution >= 4 is 35.0 Å². The molecule has 0 radical (unpaired) electrons. The van der Waals surface area contributed by atoms with Crippen LogP contribution >= 0.6 is 11.6 Å². The van der Waals surface area contributed by atoms with E-state index < -0.39 is 23.3 Å². The van der Waals surface area contributed by atoms with Crippen LogP contribution in [0.5, 0.6) is 0 Å². The largest absolute Gasteiger partial charge is 0.504 e. The van der Waals surface area contributed by atoms with Crippen molar-refractivity contribution in [2.45, 2.75) is 13.1 Å². The van der Waals surface area contributed by atoms with Gasteiger partial charge in [-0.3, -0.25) is 9.79 Å². The van der Waals surface area contributed by atoms with Gasteiger partial charge in [-0.1, -0.05) is 17.7 Å². The quantitative estimate of drug-likeness (QED) is 0.473. The average Bonchev–Trinajstić information content (AvgIpc) is 3.04. The molecule has 4 nitrogen and oxygen atoms in total. The smallest absolute Gasteiger partial charge is 0.455 e. The highest BCUT2D eigenvalue weighted by molar-refractivity contribution is 6.31. The Hall–Kier alpha value is -2.54. The summed E-state index contributed by atoms with van der Waals surface area (Å²) in [5.41, 5.74) is -0.0457. The Morgan fingerprint density at radius 1 is 1.33 bits per heavy atom. The molecular formula is C16H11ClF3NO3. The molecule has 0 aliphatic carbocycles. The molecule has 1 aromatic heterocycles. The molecule has 1 heterocycles. The highest BCUT2D eigenvalue weighted by atomic mass is 35.5. The molecule has 8 heteroatoms. The second-order valence-electron chi connectivity index (χ2n) is 4.76. The Bertz CT molecular complexity index is 808. The fourth-order valence-corrected chi connectivity index (χ4v) is 1.90. The number of hydrogen-bond donors (Lipinski definition) is 1. The standard InChI is InChI=1S/C16H11ClF3NO3/c1-9-4-5-10(7-12(9)17)21-8-11(15(23)16(18,19)20)14(22)13-3-2-6-24-13/h2-8,22H,1H3/b14-11-,21-8?. The lowest BCUT2D eigenvalue weighted by molar-refractivity contribution is -0.165. The van der Waals surface area contributed by atoms with Gasteiger partial charge in [0, 0.05) is 11.2 Å². The first kappa shape index (κ1) is 17.8. The van der Waals surface area contributed by atoms with Crippen molar-refractivity contribution in [1.82, 2.24) is 0 Å². The van der Waals surface area contributed by atoms with Crippen molar-refractivity contribution < 1.29 is 27.5 Å². The van der Waals surface area contributed by atoms with E-state index in [2.05, 4.69) is 4.99 Å². The topological polar surface area (TPSA) is 62.8 Å². The van der Waals surface area contributed by atoms with Crippen LogP contribution in [0.2, 0.25) is 5.02 Å². The van der Waals surface area contributed by atoms with E-state index in [4.69, 9.17) is 16.0 Å². The lowest BCUT2D eigenvalue weighted by Crippen LogP contribution is -2.26. The number of benzene rings is 1. The zero-order valence-corrected chi connectivity index (χ0v) is 13.0. The summed E-state index contributed by atoms with van der Waals surface area (Å²) in [6.07, 6.45) is -3.39. The number of Topliss-reactive ketones (excluding diaryl/α,β-unsaturated/α-hetero) is 1. The number of nitrogens with zero attached hydrogens (tertiary/aromatic N) is 1. The van der Waals surface area contributed by atoms with Crippen LogP contribution in [0.1, 0.15) is 11.3 Å². The summed E-state index contributed by atoms with van der Waals surface area (Å²) in [6, 6.07) is 7.13. The summed E-state index contributed by atoms with van der Waals surface area (Å²) in [7, 11) is 0. The van der Waals surface area contributed by atoms with E-state index in [0.717, 1.165) is 11.8 Å². The van der Waals surface area contributed by atoms with E-state index in [1.54, 1.807) is 13.0 Å². The summed E-state index contributed by atoms with van der Waals surface area (Å²) in [5.74, 6) is -3.47. The fraction of sp³-hybridized carbons (Fsp3) is 0.125. The van der Waals surface area contributed by atoms with Gasteiger partial charge in [0.15, 0.2) is 11.5 Å². The van der Waals surface area contributed by atoms with E-state index >= 15 is 0 Å². The maximum Gasteiger partial charge on any atom is 0.455 e. The molecule has 126 valence electrons. The third-order valence-corrected chi connectivity index (χ3v) is 3.42. The predicted molar refractivity (Wildman–Crippen MR) is 83.7 cm³/mol. The Morgan fingerprint density at radius 2 is 2.04 bits per heavy atom. The van der Waals surface area contributed by atoms with Crippen LogP contribution in [0.4, 0.5) is 18.9 Å². The van der Waals surface area contributed by atoms with Gasteiger partial charge in [-0.15, -0.1) is 0 Å². The molecule has 2 aromatic rings. The van der Waals surface area contributed by atoms with Crippen LogP contribution in [0, 0.1) is 6.92 Å². The maximum atomic E-state index is 12.7. The maximum absolute atomic E-state index is 12.7. The van der Waals surface area contributed by atoms with Gasteiger partial charge in [0.1, 0.15) is 0 Å². The Labute approximate surface area is 139 Å². The normalized spacial score (nSPS) is 13.2. The minimum absolute atomic E-state index is 0.227.